The number of aliphatic hydroxyl groups is 2. The fourth-order valence-corrected chi connectivity index (χ4v) is 1.73. The second-order valence-corrected chi connectivity index (χ2v) is 5.53. The third kappa shape index (κ3) is 4.23. The van der Waals surface area contributed by atoms with Gasteiger partial charge >= 0.3 is 0 Å². The highest BCUT2D eigenvalue weighted by Crippen LogP contribution is 2.41. The highest BCUT2D eigenvalue weighted by Gasteiger charge is 2.40. The Bertz CT molecular complexity index is 301. The van der Waals surface area contributed by atoms with E-state index in [-0.39, 0.29) is 18.6 Å². The summed E-state index contributed by atoms with van der Waals surface area (Å²) in [5.74, 6) is 0. The number of hydrogen-bond acceptors (Lipinski definition) is 3. The largest absolute Gasteiger partial charge is 0.394 e. The zero-order valence-electron chi connectivity index (χ0n) is 12.5. The molecule has 0 aromatic heterocycles. The molecule has 0 amide bonds. The Kier molecular flexibility index (Phi) is 6.82. The van der Waals surface area contributed by atoms with Crippen molar-refractivity contribution in [2.24, 2.45) is 5.41 Å². The van der Waals surface area contributed by atoms with Crippen LogP contribution in [0.1, 0.15) is 41.5 Å². The Balaban J connectivity index is 4.94. The summed E-state index contributed by atoms with van der Waals surface area (Å²) in [6, 6.07) is 0. The van der Waals surface area contributed by atoms with Crippen LogP contribution in [0, 0.1) is 5.41 Å². The number of allylic oxidation sites excluding steroid dienone is 3. The van der Waals surface area contributed by atoms with Crippen molar-refractivity contribution in [1.29, 1.82) is 0 Å². The van der Waals surface area contributed by atoms with Crippen LogP contribution in [0.2, 0.25) is 0 Å². The molecule has 0 aromatic carbocycles. The van der Waals surface area contributed by atoms with Crippen molar-refractivity contribution >= 4 is 0 Å². The second kappa shape index (κ2) is 7.07. The summed E-state index contributed by atoms with van der Waals surface area (Å²) in [4.78, 5) is 0. The van der Waals surface area contributed by atoms with Crippen LogP contribution in [-0.4, -0.2) is 35.1 Å². The van der Waals surface area contributed by atoms with Gasteiger partial charge in [0.1, 0.15) is 6.10 Å². The van der Waals surface area contributed by atoms with E-state index in [0.717, 1.165) is 0 Å². The van der Waals surface area contributed by atoms with Crippen molar-refractivity contribution in [1.82, 2.24) is 0 Å². The fraction of sp³-hybridized carbons (Fsp3) is 0.733. The summed E-state index contributed by atoms with van der Waals surface area (Å²) in [6.45, 7) is 12.1. The number of aliphatic hydroxyl groups excluding tert-OH is 2. The van der Waals surface area contributed by atoms with Gasteiger partial charge in [0.25, 0.3) is 0 Å². The van der Waals surface area contributed by atoms with E-state index in [0.29, 0.717) is 0 Å². The summed E-state index contributed by atoms with van der Waals surface area (Å²) >= 11 is 0. The lowest BCUT2D eigenvalue weighted by Gasteiger charge is -2.43. The van der Waals surface area contributed by atoms with E-state index in [1.807, 2.05) is 33.8 Å². The molecule has 0 aliphatic carbocycles. The summed E-state index contributed by atoms with van der Waals surface area (Å²) in [7, 11) is 0. The molecule has 106 valence electrons. The molecular formula is C15H28O3. The highest BCUT2D eigenvalue weighted by molar-refractivity contribution is 5.28. The standard InChI is InChI=1S/C15H28O3/c1-7-9-12(8-2)14(3,4)15(5,6)18-11-13(17)10-16/h7-9,13,16-17H,10-11H2,1-6H3/b9-7-,12-8+. The molecule has 0 bridgehead atoms. The molecule has 3 nitrogen and oxygen atoms in total. The molecular weight excluding hydrogens is 228 g/mol. The first-order chi connectivity index (χ1) is 8.22. The molecule has 0 fully saturated rings. The summed E-state index contributed by atoms with van der Waals surface area (Å²) in [5.41, 5.74) is 0.557. The number of hydrogen-bond donors (Lipinski definition) is 2. The van der Waals surface area contributed by atoms with Gasteiger partial charge in [-0.2, -0.15) is 0 Å². The fourth-order valence-electron chi connectivity index (χ4n) is 1.73. The van der Waals surface area contributed by atoms with Crippen LogP contribution in [0.15, 0.2) is 23.8 Å². The van der Waals surface area contributed by atoms with Gasteiger partial charge in [0, 0.05) is 5.41 Å². The highest BCUT2D eigenvalue weighted by atomic mass is 16.5. The van der Waals surface area contributed by atoms with Gasteiger partial charge < -0.3 is 14.9 Å². The van der Waals surface area contributed by atoms with Crippen LogP contribution >= 0.6 is 0 Å². The smallest absolute Gasteiger partial charge is 0.100 e. The Morgan fingerprint density at radius 1 is 1.22 bits per heavy atom. The van der Waals surface area contributed by atoms with Gasteiger partial charge in [-0.25, -0.2) is 0 Å². The molecule has 18 heavy (non-hydrogen) atoms. The molecule has 1 atom stereocenters. The van der Waals surface area contributed by atoms with E-state index in [1.54, 1.807) is 0 Å². The first-order valence-electron chi connectivity index (χ1n) is 6.45. The predicted octanol–water partition coefficient (Wildman–Crippen LogP) is 2.68. The van der Waals surface area contributed by atoms with Gasteiger partial charge in [-0.05, 0) is 33.3 Å². The molecule has 0 saturated carbocycles. The summed E-state index contributed by atoms with van der Waals surface area (Å²) < 4.78 is 5.79. The maximum absolute atomic E-state index is 9.38. The average molecular weight is 256 g/mol. The molecule has 0 aliphatic heterocycles. The van der Waals surface area contributed by atoms with Crippen LogP contribution in [0.5, 0.6) is 0 Å². The SMILES string of the molecule is C/C=C\C(=C/C)C(C)(C)C(C)(C)OCC(O)CO. The Labute approximate surface area is 111 Å². The minimum atomic E-state index is -0.823. The van der Waals surface area contributed by atoms with Crippen LogP contribution < -0.4 is 0 Å². The normalized spacial score (nSPS) is 16.3. The first-order valence-corrected chi connectivity index (χ1v) is 6.45. The van der Waals surface area contributed by atoms with E-state index in [2.05, 4.69) is 26.0 Å². The van der Waals surface area contributed by atoms with Gasteiger partial charge in [0.2, 0.25) is 0 Å². The number of rotatable bonds is 7. The van der Waals surface area contributed by atoms with E-state index in [9.17, 15) is 5.11 Å². The van der Waals surface area contributed by atoms with E-state index >= 15 is 0 Å². The lowest BCUT2D eigenvalue weighted by atomic mass is 9.71. The summed E-state index contributed by atoms with van der Waals surface area (Å²) in [6.07, 6.45) is 5.34. The second-order valence-electron chi connectivity index (χ2n) is 5.53. The molecule has 0 spiro atoms. The molecule has 0 saturated heterocycles. The number of ether oxygens (including phenoxy) is 1. The third-order valence-electron chi connectivity index (χ3n) is 3.73. The predicted molar refractivity (Wildman–Crippen MR) is 75.5 cm³/mol. The molecule has 0 heterocycles. The molecule has 1 unspecified atom stereocenters. The molecule has 3 heteroatoms. The lowest BCUT2D eigenvalue weighted by Crippen LogP contribution is -2.44. The van der Waals surface area contributed by atoms with E-state index in [1.165, 1.54) is 5.57 Å². The van der Waals surface area contributed by atoms with E-state index in [4.69, 9.17) is 9.84 Å². The van der Waals surface area contributed by atoms with Gasteiger partial charge in [-0.3, -0.25) is 0 Å². The Morgan fingerprint density at radius 3 is 2.17 bits per heavy atom. The van der Waals surface area contributed by atoms with Crippen molar-refractivity contribution in [3.8, 4) is 0 Å². The molecule has 0 rings (SSSR count). The third-order valence-corrected chi connectivity index (χ3v) is 3.73. The van der Waals surface area contributed by atoms with Gasteiger partial charge in [0.15, 0.2) is 0 Å². The summed E-state index contributed by atoms with van der Waals surface area (Å²) in [5, 5.41) is 18.2. The van der Waals surface area contributed by atoms with Gasteiger partial charge in [-0.15, -0.1) is 0 Å². The molecule has 0 aliphatic rings. The Morgan fingerprint density at radius 2 is 1.78 bits per heavy atom. The topological polar surface area (TPSA) is 49.7 Å². The van der Waals surface area contributed by atoms with Crippen molar-refractivity contribution < 1.29 is 14.9 Å². The van der Waals surface area contributed by atoms with Crippen molar-refractivity contribution in [3.63, 3.8) is 0 Å². The molecule has 0 aromatic rings. The zero-order chi connectivity index (χ0) is 14.4. The first kappa shape index (κ1) is 17.4. The van der Waals surface area contributed by atoms with Gasteiger partial charge in [-0.1, -0.05) is 32.1 Å². The average Bonchev–Trinajstić information content (AvgIpc) is 2.32. The van der Waals surface area contributed by atoms with E-state index < -0.39 is 11.7 Å². The van der Waals surface area contributed by atoms with Crippen LogP contribution in [0.4, 0.5) is 0 Å². The quantitative estimate of drug-likeness (QED) is 0.689. The van der Waals surface area contributed by atoms with Crippen LogP contribution in [-0.2, 0) is 4.74 Å². The van der Waals surface area contributed by atoms with Crippen molar-refractivity contribution in [3.05, 3.63) is 23.8 Å². The minimum absolute atomic E-state index is 0.139. The lowest BCUT2D eigenvalue weighted by molar-refractivity contribution is -0.114. The minimum Gasteiger partial charge on any atom is -0.394 e. The maximum Gasteiger partial charge on any atom is 0.100 e. The van der Waals surface area contributed by atoms with Crippen LogP contribution in [0.25, 0.3) is 0 Å². The Hall–Kier alpha value is -0.640. The zero-order valence-corrected chi connectivity index (χ0v) is 12.5. The molecule has 2 N–H and O–H groups in total. The van der Waals surface area contributed by atoms with Crippen LogP contribution in [0.3, 0.4) is 0 Å². The van der Waals surface area contributed by atoms with Crippen molar-refractivity contribution in [2.45, 2.75) is 53.2 Å². The monoisotopic (exact) mass is 256 g/mol. The maximum atomic E-state index is 9.38. The van der Waals surface area contributed by atoms with Crippen molar-refractivity contribution in [2.75, 3.05) is 13.2 Å². The molecule has 0 radical (unpaired) electrons. The van der Waals surface area contributed by atoms with Gasteiger partial charge in [0.05, 0.1) is 18.8 Å².